The van der Waals surface area contributed by atoms with Gasteiger partial charge in [0.1, 0.15) is 13.1 Å². The van der Waals surface area contributed by atoms with Crippen LogP contribution in [0.25, 0.3) is 0 Å². The Morgan fingerprint density at radius 1 is 1.29 bits per heavy atom. The van der Waals surface area contributed by atoms with Crippen LogP contribution in [0.2, 0.25) is 0 Å². The van der Waals surface area contributed by atoms with E-state index < -0.39 is 0 Å². The number of nitrogens with zero attached hydrogens (tertiary/aromatic N) is 2. The van der Waals surface area contributed by atoms with Gasteiger partial charge in [0.15, 0.2) is 0 Å². The second-order valence-electron chi connectivity index (χ2n) is 3.92. The van der Waals surface area contributed by atoms with Crippen molar-refractivity contribution in [2.75, 3.05) is 27.2 Å². The summed E-state index contributed by atoms with van der Waals surface area (Å²) < 4.78 is 2.34. The SMILES string of the molecule is CN1CC[N+](C)=C1Cc1ccccc1. The van der Waals surface area contributed by atoms with E-state index in [2.05, 4.69) is 53.9 Å². The average molecular weight is 189 g/mol. The molecular weight excluding hydrogens is 172 g/mol. The minimum absolute atomic E-state index is 1.05. The molecule has 2 heteroatoms. The molecule has 0 aromatic heterocycles. The zero-order chi connectivity index (χ0) is 9.97. The van der Waals surface area contributed by atoms with E-state index in [4.69, 9.17) is 0 Å². The highest BCUT2D eigenvalue weighted by atomic mass is 15.3. The number of hydrogen-bond acceptors (Lipinski definition) is 1. The number of amidine groups is 1. The van der Waals surface area contributed by atoms with Crippen molar-refractivity contribution in [3.63, 3.8) is 0 Å². The van der Waals surface area contributed by atoms with Gasteiger partial charge < -0.3 is 0 Å². The first kappa shape index (κ1) is 9.25. The molecule has 0 amide bonds. The van der Waals surface area contributed by atoms with Gasteiger partial charge in [-0.25, -0.2) is 0 Å². The average Bonchev–Trinajstić information content (AvgIpc) is 2.51. The van der Waals surface area contributed by atoms with Gasteiger partial charge in [-0.3, -0.25) is 9.48 Å². The molecule has 2 nitrogen and oxygen atoms in total. The summed E-state index contributed by atoms with van der Waals surface area (Å²) in [5.74, 6) is 1.43. The van der Waals surface area contributed by atoms with Gasteiger partial charge in [-0.2, -0.15) is 0 Å². The zero-order valence-corrected chi connectivity index (χ0v) is 8.90. The molecule has 1 heterocycles. The minimum Gasteiger partial charge on any atom is -0.264 e. The molecule has 1 aliphatic rings. The van der Waals surface area contributed by atoms with Gasteiger partial charge in [0.2, 0.25) is 0 Å². The summed E-state index contributed by atoms with van der Waals surface area (Å²) in [5.41, 5.74) is 1.39. The van der Waals surface area contributed by atoms with Crippen LogP contribution in [-0.2, 0) is 6.42 Å². The summed E-state index contributed by atoms with van der Waals surface area (Å²) in [6, 6.07) is 10.6. The van der Waals surface area contributed by atoms with Crippen LogP contribution in [0, 0.1) is 0 Å². The summed E-state index contributed by atoms with van der Waals surface area (Å²) in [7, 11) is 4.34. The quantitative estimate of drug-likeness (QED) is 0.634. The Kier molecular flexibility index (Phi) is 2.53. The Bertz CT molecular complexity index is 341. The van der Waals surface area contributed by atoms with Crippen LogP contribution in [0.1, 0.15) is 5.56 Å². The second-order valence-corrected chi connectivity index (χ2v) is 3.92. The topological polar surface area (TPSA) is 6.25 Å². The van der Waals surface area contributed by atoms with Crippen LogP contribution >= 0.6 is 0 Å². The molecule has 0 fully saturated rings. The summed E-state index contributed by atoms with van der Waals surface area (Å²) in [6.45, 7) is 2.30. The molecule has 0 atom stereocenters. The number of benzene rings is 1. The highest BCUT2D eigenvalue weighted by Crippen LogP contribution is 2.06. The molecule has 0 unspecified atom stereocenters. The Morgan fingerprint density at radius 3 is 2.57 bits per heavy atom. The van der Waals surface area contributed by atoms with Crippen molar-refractivity contribution in [2.45, 2.75) is 6.42 Å². The lowest BCUT2D eigenvalue weighted by Crippen LogP contribution is -2.26. The molecule has 0 radical (unpaired) electrons. The molecular formula is C12H17N2+. The highest BCUT2D eigenvalue weighted by Gasteiger charge is 2.24. The summed E-state index contributed by atoms with van der Waals surface area (Å²) in [4.78, 5) is 2.34. The standard InChI is InChI=1S/C12H17N2/c1-13-8-9-14(2)12(13)10-11-6-4-3-5-7-11/h3-7H,8-10H2,1-2H3/q+1. The van der Waals surface area contributed by atoms with E-state index >= 15 is 0 Å². The van der Waals surface area contributed by atoms with Crippen molar-refractivity contribution in [2.24, 2.45) is 0 Å². The van der Waals surface area contributed by atoms with Crippen molar-refractivity contribution in [1.82, 2.24) is 4.90 Å². The zero-order valence-electron chi connectivity index (χ0n) is 8.90. The highest BCUT2D eigenvalue weighted by molar-refractivity contribution is 5.80. The van der Waals surface area contributed by atoms with Crippen LogP contribution in [0.3, 0.4) is 0 Å². The van der Waals surface area contributed by atoms with Crippen molar-refractivity contribution in [1.29, 1.82) is 0 Å². The van der Waals surface area contributed by atoms with Gasteiger partial charge in [0.05, 0.1) is 20.5 Å². The molecule has 74 valence electrons. The molecule has 0 bridgehead atoms. The number of likely N-dealkylation sites (N-methyl/N-ethyl adjacent to an activating group) is 2. The van der Waals surface area contributed by atoms with Crippen LogP contribution in [-0.4, -0.2) is 42.5 Å². The third-order valence-electron chi connectivity index (χ3n) is 2.86. The van der Waals surface area contributed by atoms with Gasteiger partial charge in [0.25, 0.3) is 5.84 Å². The number of rotatable bonds is 2. The van der Waals surface area contributed by atoms with Crippen LogP contribution in [0.5, 0.6) is 0 Å². The van der Waals surface area contributed by atoms with E-state index in [1.807, 2.05) is 0 Å². The van der Waals surface area contributed by atoms with Gasteiger partial charge >= 0.3 is 0 Å². The van der Waals surface area contributed by atoms with Crippen molar-refractivity contribution in [3.05, 3.63) is 35.9 Å². The summed E-state index contributed by atoms with van der Waals surface area (Å²) >= 11 is 0. The van der Waals surface area contributed by atoms with E-state index in [9.17, 15) is 0 Å². The molecule has 0 aliphatic carbocycles. The number of hydrogen-bond donors (Lipinski definition) is 0. The maximum Gasteiger partial charge on any atom is 0.251 e. The monoisotopic (exact) mass is 189 g/mol. The van der Waals surface area contributed by atoms with Crippen LogP contribution in [0.4, 0.5) is 0 Å². The van der Waals surface area contributed by atoms with Crippen LogP contribution in [0.15, 0.2) is 30.3 Å². The van der Waals surface area contributed by atoms with Gasteiger partial charge in [0, 0.05) is 0 Å². The third-order valence-corrected chi connectivity index (χ3v) is 2.86. The Balaban J connectivity index is 2.15. The molecule has 1 aromatic rings. The fraction of sp³-hybridized carbons (Fsp3) is 0.417. The predicted octanol–water partition coefficient (Wildman–Crippen LogP) is 1.22. The maximum atomic E-state index is 2.34. The predicted molar refractivity (Wildman–Crippen MR) is 58.8 cm³/mol. The van der Waals surface area contributed by atoms with Gasteiger partial charge in [-0.15, -0.1) is 0 Å². The van der Waals surface area contributed by atoms with E-state index in [1.165, 1.54) is 11.4 Å². The first-order valence-corrected chi connectivity index (χ1v) is 5.09. The molecule has 14 heavy (non-hydrogen) atoms. The fourth-order valence-corrected chi connectivity index (χ4v) is 1.90. The molecule has 1 aliphatic heterocycles. The normalized spacial score (nSPS) is 16.6. The first-order valence-electron chi connectivity index (χ1n) is 5.09. The Morgan fingerprint density at radius 2 is 2.00 bits per heavy atom. The molecule has 2 rings (SSSR count). The maximum absolute atomic E-state index is 2.34. The summed E-state index contributed by atoms with van der Waals surface area (Å²) in [5, 5.41) is 0. The molecule has 0 saturated heterocycles. The lowest BCUT2D eigenvalue weighted by Gasteiger charge is -2.06. The lowest BCUT2D eigenvalue weighted by atomic mass is 10.1. The van der Waals surface area contributed by atoms with Gasteiger partial charge in [-0.05, 0) is 5.56 Å². The van der Waals surface area contributed by atoms with Crippen molar-refractivity contribution >= 4 is 5.84 Å². The van der Waals surface area contributed by atoms with Crippen molar-refractivity contribution in [3.8, 4) is 0 Å². The third kappa shape index (κ3) is 1.79. The molecule has 0 saturated carbocycles. The Hall–Kier alpha value is -1.31. The van der Waals surface area contributed by atoms with Crippen LogP contribution < -0.4 is 0 Å². The minimum atomic E-state index is 1.05. The van der Waals surface area contributed by atoms with E-state index in [0.29, 0.717) is 0 Å². The van der Waals surface area contributed by atoms with E-state index in [-0.39, 0.29) is 0 Å². The van der Waals surface area contributed by atoms with E-state index in [1.54, 1.807) is 0 Å². The second kappa shape index (κ2) is 3.82. The van der Waals surface area contributed by atoms with Gasteiger partial charge in [-0.1, -0.05) is 30.3 Å². The fourth-order valence-electron chi connectivity index (χ4n) is 1.90. The molecule has 0 spiro atoms. The van der Waals surface area contributed by atoms with E-state index in [0.717, 1.165) is 19.5 Å². The largest absolute Gasteiger partial charge is 0.264 e. The Labute approximate surface area is 85.5 Å². The molecule has 0 N–H and O–H groups in total. The lowest BCUT2D eigenvalue weighted by molar-refractivity contribution is -0.487. The smallest absolute Gasteiger partial charge is 0.251 e. The molecule has 1 aromatic carbocycles. The summed E-state index contributed by atoms with van der Waals surface area (Å²) in [6.07, 6.45) is 1.05. The van der Waals surface area contributed by atoms with Crippen molar-refractivity contribution < 1.29 is 4.58 Å². The first-order chi connectivity index (χ1) is 6.77.